The molecule has 0 saturated heterocycles. The van der Waals surface area contributed by atoms with E-state index in [1.54, 1.807) is 6.92 Å². The van der Waals surface area contributed by atoms with Crippen molar-refractivity contribution in [1.82, 2.24) is 10.6 Å². The summed E-state index contributed by atoms with van der Waals surface area (Å²) in [5, 5.41) is 5.97. The van der Waals surface area contributed by atoms with Crippen LogP contribution in [0, 0.1) is 6.92 Å². The quantitative estimate of drug-likeness (QED) is 0.772. The summed E-state index contributed by atoms with van der Waals surface area (Å²) in [5.41, 5.74) is 6.93. The van der Waals surface area contributed by atoms with Crippen molar-refractivity contribution in [2.75, 3.05) is 12.3 Å². The van der Waals surface area contributed by atoms with Gasteiger partial charge < -0.3 is 16.4 Å². The lowest BCUT2D eigenvalue weighted by Crippen LogP contribution is -2.31. The normalized spacial score (nSPS) is 10.6. The van der Waals surface area contributed by atoms with Crippen LogP contribution in [0.15, 0.2) is 0 Å². The molecule has 5 nitrogen and oxygen atoms in total. The first kappa shape index (κ1) is 15.5. The van der Waals surface area contributed by atoms with Crippen molar-refractivity contribution in [3.63, 3.8) is 0 Å². The molecule has 0 spiro atoms. The van der Waals surface area contributed by atoms with Crippen molar-refractivity contribution in [3.05, 3.63) is 16.0 Å². The third-order valence-electron chi connectivity index (χ3n) is 2.56. The highest BCUT2D eigenvalue weighted by molar-refractivity contribution is 7.18. The average molecular weight is 283 g/mol. The predicted molar refractivity (Wildman–Crippen MR) is 78.7 cm³/mol. The standard InChI is InChI=1S/C13H21N3O2S/c1-5-6-15-13(18)10-8(4)9(11(14)19-10)12(17)16-7(2)3/h7H,5-6,14H2,1-4H3,(H,15,18)(H,16,17). The third-order valence-corrected chi connectivity index (χ3v) is 3.68. The Kier molecular flexibility index (Phi) is 5.35. The summed E-state index contributed by atoms with van der Waals surface area (Å²) in [5.74, 6) is -0.393. The number of nitrogen functional groups attached to an aromatic ring is 1. The van der Waals surface area contributed by atoms with Crippen LogP contribution in [0.2, 0.25) is 0 Å². The number of anilines is 1. The van der Waals surface area contributed by atoms with Gasteiger partial charge in [-0.3, -0.25) is 9.59 Å². The highest BCUT2D eigenvalue weighted by Crippen LogP contribution is 2.30. The van der Waals surface area contributed by atoms with Crippen LogP contribution in [0.3, 0.4) is 0 Å². The summed E-state index contributed by atoms with van der Waals surface area (Å²) in [6, 6.07) is 0.0311. The summed E-state index contributed by atoms with van der Waals surface area (Å²) < 4.78 is 0. The van der Waals surface area contributed by atoms with Gasteiger partial charge in [-0.05, 0) is 32.8 Å². The van der Waals surface area contributed by atoms with E-state index in [0.717, 1.165) is 17.8 Å². The number of nitrogens with one attached hydrogen (secondary N) is 2. The van der Waals surface area contributed by atoms with Crippen LogP contribution < -0.4 is 16.4 Å². The molecule has 0 atom stereocenters. The van der Waals surface area contributed by atoms with Crippen LogP contribution in [-0.4, -0.2) is 24.4 Å². The van der Waals surface area contributed by atoms with Gasteiger partial charge in [0.15, 0.2) is 0 Å². The fraction of sp³-hybridized carbons (Fsp3) is 0.538. The Morgan fingerprint density at radius 3 is 2.47 bits per heavy atom. The molecule has 0 aliphatic heterocycles. The van der Waals surface area contributed by atoms with E-state index in [2.05, 4.69) is 10.6 Å². The van der Waals surface area contributed by atoms with Gasteiger partial charge in [0.1, 0.15) is 0 Å². The number of hydrogen-bond acceptors (Lipinski definition) is 4. The zero-order chi connectivity index (χ0) is 14.6. The summed E-state index contributed by atoms with van der Waals surface area (Å²) in [7, 11) is 0. The van der Waals surface area contributed by atoms with Gasteiger partial charge in [0.2, 0.25) is 0 Å². The van der Waals surface area contributed by atoms with Gasteiger partial charge in [0, 0.05) is 12.6 Å². The molecule has 19 heavy (non-hydrogen) atoms. The summed E-state index contributed by atoms with van der Waals surface area (Å²) in [6.07, 6.45) is 0.867. The zero-order valence-corrected chi connectivity index (χ0v) is 12.6. The van der Waals surface area contributed by atoms with Crippen molar-refractivity contribution in [3.8, 4) is 0 Å². The first-order valence-corrected chi connectivity index (χ1v) is 7.18. The van der Waals surface area contributed by atoms with Gasteiger partial charge in [-0.25, -0.2) is 0 Å². The van der Waals surface area contributed by atoms with Crippen LogP contribution in [0.4, 0.5) is 5.00 Å². The minimum Gasteiger partial charge on any atom is -0.390 e. The monoisotopic (exact) mass is 283 g/mol. The molecule has 1 heterocycles. The van der Waals surface area contributed by atoms with Crippen molar-refractivity contribution in [2.45, 2.75) is 40.2 Å². The van der Waals surface area contributed by atoms with Crippen molar-refractivity contribution in [1.29, 1.82) is 0 Å². The first-order valence-electron chi connectivity index (χ1n) is 6.36. The van der Waals surface area contributed by atoms with E-state index in [1.165, 1.54) is 0 Å². The van der Waals surface area contributed by atoms with E-state index in [1.807, 2.05) is 20.8 Å². The molecule has 0 fully saturated rings. The number of rotatable bonds is 5. The van der Waals surface area contributed by atoms with Crippen LogP contribution >= 0.6 is 11.3 Å². The van der Waals surface area contributed by atoms with E-state index < -0.39 is 0 Å². The minimum absolute atomic E-state index is 0.0311. The van der Waals surface area contributed by atoms with Crippen LogP contribution in [-0.2, 0) is 0 Å². The molecule has 4 N–H and O–H groups in total. The molecule has 0 bridgehead atoms. The fourth-order valence-corrected chi connectivity index (χ4v) is 2.68. The molecule has 0 radical (unpaired) electrons. The predicted octanol–water partition coefficient (Wildman–Crippen LogP) is 1.92. The van der Waals surface area contributed by atoms with Crippen molar-refractivity contribution in [2.24, 2.45) is 0 Å². The molecule has 1 aromatic heterocycles. The molecule has 0 unspecified atom stereocenters. The number of carbonyl (C=O) groups excluding carboxylic acids is 2. The largest absolute Gasteiger partial charge is 0.390 e. The van der Waals surface area contributed by atoms with Gasteiger partial charge >= 0.3 is 0 Å². The highest BCUT2D eigenvalue weighted by atomic mass is 32.1. The lowest BCUT2D eigenvalue weighted by atomic mass is 10.1. The van der Waals surface area contributed by atoms with E-state index in [0.29, 0.717) is 27.5 Å². The number of nitrogens with two attached hydrogens (primary N) is 1. The Bertz CT molecular complexity index is 480. The lowest BCUT2D eigenvalue weighted by molar-refractivity contribution is 0.0943. The van der Waals surface area contributed by atoms with Gasteiger partial charge in [0.05, 0.1) is 15.4 Å². The Morgan fingerprint density at radius 2 is 1.95 bits per heavy atom. The molecular formula is C13H21N3O2S. The van der Waals surface area contributed by atoms with Crippen molar-refractivity contribution < 1.29 is 9.59 Å². The number of amides is 2. The molecule has 0 saturated carbocycles. The SMILES string of the molecule is CCCNC(=O)c1sc(N)c(C(=O)NC(C)C)c1C. The van der Waals surface area contributed by atoms with Crippen LogP contribution in [0.25, 0.3) is 0 Å². The van der Waals surface area contributed by atoms with Crippen LogP contribution in [0.5, 0.6) is 0 Å². The molecule has 1 aromatic rings. The van der Waals surface area contributed by atoms with E-state index in [9.17, 15) is 9.59 Å². The Balaban J connectivity index is 3.00. The van der Waals surface area contributed by atoms with E-state index >= 15 is 0 Å². The molecule has 6 heteroatoms. The lowest BCUT2D eigenvalue weighted by Gasteiger charge is -2.08. The maximum Gasteiger partial charge on any atom is 0.261 e. The third kappa shape index (κ3) is 3.70. The molecule has 106 valence electrons. The Morgan fingerprint density at radius 1 is 1.32 bits per heavy atom. The van der Waals surface area contributed by atoms with E-state index in [4.69, 9.17) is 5.73 Å². The van der Waals surface area contributed by atoms with Gasteiger partial charge in [-0.15, -0.1) is 11.3 Å². The second kappa shape index (κ2) is 6.56. The zero-order valence-electron chi connectivity index (χ0n) is 11.8. The molecule has 1 rings (SSSR count). The molecule has 2 amide bonds. The Hall–Kier alpha value is -1.56. The maximum absolute atomic E-state index is 12.0. The Labute approximate surface area is 117 Å². The van der Waals surface area contributed by atoms with Gasteiger partial charge in [-0.1, -0.05) is 6.92 Å². The maximum atomic E-state index is 12.0. The van der Waals surface area contributed by atoms with E-state index in [-0.39, 0.29) is 17.9 Å². The summed E-state index contributed by atoms with van der Waals surface area (Å²) in [4.78, 5) is 24.5. The minimum atomic E-state index is -0.226. The second-order valence-electron chi connectivity index (χ2n) is 4.68. The summed E-state index contributed by atoms with van der Waals surface area (Å²) in [6.45, 7) is 8.11. The molecule has 0 aromatic carbocycles. The first-order chi connectivity index (χ1) is 8.88. The summed E-state index contributed by atoms with van der Waals surface area (Å²) >= 11 is 1.16. The average Bonchev–Trinajstić information content (AvgIpc) is 2.61. The smallest absolute Gasteiger partial charge is 0.261 e. The fourth-order valence-electron chi connectivity index (χ4n) is 1.69. The van der Waals surface area contributed by atoms with Crippen molar-refractivity contribution >= 4 is 28.2 Å². The van der Waals surface area contributed by atoms with Gasteiger partial charge in [0.25, 0.3) is 11.8 Å². The molecular weight excluding hydrogens is 262 g/mol. The highest BCUT2D eigenvalue weighted by Gasteiger charge is 2.23. The topological polar surface area (TPSA) is 84.2 Å². The molecule has 0 aliphatic rings. The van der Waals surface area contributed by atoms with Crippen LogP contribution in [0.1, 0.15) is 52.8 Å². The number of hydrogen-bond donors (Lipinski definition) is 3. The number of thiophene rings is 1. The second-order valence-corrected chi connectivity index (χ2v) is 5.73. The van der Waals surface area contributed by atoms with Gasteiger partial charge in [-0.2, -0.15) is 0 Å². The molecule has 0 aliphatic carbocycles. The number of carbonyl (C=O) groups is 2.